The molecule has 0 atom stereocenters. The second kappa shape index (κ2) is 2.66. The van der Waals surface area contributed by atoms with Crippen LogP contribution in [0.1, 0.15) is 40.5 Å². The highest BCUT2D eigenvalue weighted by Crippen LogP contribution is 2.39. The maximum Gasteiger partial charge on any atom is -0.0138 e. The van der Waals surface area contributed by atoms with Gasteiger partial charge in [0.15, 0.2) is 0 Å². The molecule has 0 N–H and O–H groups in total. The van der Waals surface area contributed by atoms with E-state index in [-0.39, 0.29) is 0 Å². The third-order valence-corrected chi connectivity index (χ3v) is 2.27. The van der Waals surface area contributed by atoms with Crippen molar-refractivity contribution in [1.29, 1.82) is 0 Å². The first-order valence-corrected chi connectivity index (χ1v) is 4.46. The Hall–Kier alpha value is -0.260. The van der Waals surface area contributed by atoms with Gasteiger partial charge < -0.3 is 0 Å². The van der Waals surface area contributed by atoms with Crippen LogP contribution in [0.5, 0.6) is 0 Å². The summed E-state index contributed by atoms with van der Waals surface area (Å²) in [7, 11) is 0. The maximum absolute atomic E-state index is 2.46. The average molecular weight is 151 g/mol. The Labute approximate surface area is 70.7 Å². The molecule has 0 heteroatoms. The summed E-state index contributed by atoms with van der Waals surface area (Å²) in [6.07, 6.45) is 9.61. The lowest BCUT2D eigenvalue weighted by Gasteiger charge is -2.30. The van der Waals surface area contributed by atoms with E-state index in [9.17, 15) is 0 Å². The van der Waals surface area contributed by atoms with E-state index < -0.39 is 0 Å². The summed E-state index contributed by atoms with van der Waals surface area (Å²) >= 11 is 0. The van der Waals surface area contributed by atoms with Gasteiger partial charge >= 0.3 is 0 Å². The number of hydrogen-bond donors (Lipinski definition) is 0. The smallest absolute Gasteiger partial charge is 0.0138 e. The van der Waals surface area contributed by atoms with Crippen molar-refractivity contribution in [3.63, 3.8) is 0 Å². The first kappa shape index (κ1) is 8.83. The lowest BCUT2D eigenvalue weighted by atomic mass is 9.75. The number of allylic oxidation sites excluding steroid dienone is 2. The van der Waals surface area contributed by atoms with Gasteiger partial charge in [-0.15, -0.1) is 0 Å². The molecule has 1 radical (unpaired) electrons. The Bertz CT molecular complexity index is 161. The fourth-order valence-corrected chi connectivity index (χ4v) is 1.97. The second-order valence-corrected chi connectivity index (χ2v) is 4.90. The average Bonchev–Trinajstić information content (AvgIpc) is 1.86. The van der Waals surface area contributed by atoms with Crippen LogP contribution in [0.25, 0.3) is 0 Å². The molecule has 63 valence electrons. The molecule has 1 aliphatic carbocycles. The zero-order valence-corrected chi connectivity index (χ0v) is 8.15. The van der Waals surface area contributed by atoms with Gasteiger partial charge in [-0.1, -0.05) is 39.8 Å². The van der Waals surface area contributed by atoms with E-state index in [1.165, 1.54) is 12.8 Å². The zero-order valence-electron chi connectivity index (χ0n) is 8.15. The van der Waals surface area contributed by atoms with E-state index in [1.807, 2.05) is 0 Å². The van der Waals surface area contributed by atoms with Crippen LogP contribution < -0.4 is 0 Å². The molecule has 11 heavy (non-hydrogen) atoms. The third kappa shape index (κ3) is 2.69. The second-order valence-electron chi connectivity index (χ2n) is 4.90. The molecule has 0 aliphatic heterocycles. The van der Waals surface area contributed by atoms with E-state index >= 15 is 0 Å². The van der Waals surface area contributed by atoms with Crippen LogP contribution in [0.2, 0.25) is 0 Å². The maximum atomic E-state index is 2.46. The van der Waals surface area contributed by atoms with E-state index in [4.69, 9.17) is 0 Å². The molecule has 0 bridgehead atoms. The predicted molar refractivity (Wildman–Crippen MR) is 50.2 cm³/mol. The summed E-state index contributed by atoms with van der Waals surface area (Å²) in [5.74, 6) is 0. The predicted octanol–water partition coefficient (Wildman–Crippen LogP) is 3.59. The molecule has 0 aromatic heterocycles. The third-order valence-electron chi connectivity index (χ3n) is 2.27. The highest BCUT2D eigenvalue weighted by Gasteiger charge is 2.28. The van der Waals surface area contributed by atoms with Crippen LogP contribution in [0.4, 0.5) is 0 Å². The van der Waals surface area contributed by atoms with E-state index in [0.29, 0.717) is 10.8 Å². The van der Waals surface area contributed by atoms with Crippen molar-refractivity contribution in [2.24, 2.45) is 10.8 Å². The topological polar surface area (TPSA) is 0 Å². The summed E-state index contributed by atoms with van der Waals surface area (Å²) in [4.78, 5) is 0. The summed E-state index contributed by atoms with van der Waals surface area (Å²) in [6, 6.07) is 0. The Balaban J connectivity index is 2.72. The molecule has 0 nitrogen and oxygen atoms in total. The zero-order chi connectivity index (χ0) is 8.54. The van der Waals surface area contributed by atoms with E-state index in [0.717, 1.165) is 0 Å². The molecule has 1 aliphatic rings. The van der Waals surface area contributed by atoms with Crippen molar-refractivity contribution in [1.82, 2.24) is 0 Å². The lowest BCUT2D eigenvalue weighted by molar-refractivity contribution is 0.340. The standard InChI is InChI=1S/C11H19/c1-10(2)7-5-6-8-11(3,4)9-10/h5,7,9H,6,8H2,1-4H3. The summed E-state index contributed by atoms with van der Waals surface area (Å²) < 4.78 is 0. The van der Waals surface area contributed by atoms with Crippen molar-refractivity contribution in [2.75, 3.05) is 0 Å². The van der Waals surface area contributed by atoms with Crippen LogP contribution in [0.3, 0.4) is 0 Å². The molecule has 0 saturated carbocycles. The lowest BCUT2D eigenvalue weighted by Crippen LogP contribution is -2.20. The molecule has 0 amide bonds. The number of rotatable bonds is 0. The SMILES string of the molecule is CC1(C)[CH]C(C)(C)CCC=C1. The molecule has 1 rings (SSSR count). The Morgan fingerprint density at radius 1 is 1.09 bits per heavy atom. The van der Waals surface area contributed by atoms with Gasteiger partial charge in [0, 0.05) is 0 Å². The highest BCUT2D eigenvalue weighted by molar-refractivity contribution is 5.10. The van der Waals surface area contributed by atoms with Crippen molar-refractivity contribution in [3.8, 4) is 0 Å². The highest BCUT2D eigenvalue weighted by atomic mass is 14.3. The minimum Gasteiger partial charge on any atom is -0.0880 e. The van der Waals surface area contributed by atoms with Gasteiger partial charge in [0.1, 0.15) is 0 Å². The van der Waals surface area contributed by atoms with Crippen LogP contribution in [0.15, 0.2) is 12.2 Å². The molecule has 0 spiro atoms. The fourth-order valence-electron chi connectivity index (χ4n) is 1.97. The summed E-state index contributed by atoms with van der Waals surface area (Å²) in [5.41, 5.74) is 0.701. The normalized spacial score (nSPS) is 28.0. The van der Waals surface area contributed by atoms with Crippen molar-refractivity contribution in [2.45, 2.75) is 40.5 Å². The molecular weight excluding hydrogens is 132 g/mol. The molecule has 0 heterocycles. The molecule has 0 fully saturated rings. The van der Waals surface area contributed by atoms with Gasteiger partial charge in [0.25, 0.3) is 0 Å². The van der Waals surface area contributed by atoms with Gasteiger partial charge in [-0.3, -0.25) is 0 Å². The molecule has 0 aromatic carbocycles. The molecule has 0 aromatic rings. The molecule has 0 saturated heterocycles. The van der Waals surface area contributed by atoms with Gasteiger partial charge in [-0.2, -0.15) is 0 Å². The monoisotopic (exact) mass is 151 g/mol. The Morgan fingerprint density at radius 3 is 2.36 bits per heavy atom. The Morgan fingerprint density at radius 2 is 1.73 bits per heavy atom. The largest absolute Gasteiger partial charge is 0.0880 e. The van der Waals surface area contributed by atoms with Crippen LogP contribution >= 0.6 is 0 Å². The number of hydrogen-bond acceptors (Lipinski definition) is 0. The first-order chi connectivity index (χ1) is 4.91. The van der Waals surface area contributed by atoms with Gasteiger partial charge in [-0.25, -0.2) is 0 Å². The fraction of sp³-hybridized carbons (Fsp3) is 0.727. The first-order valence-electron chi connectivity index (χ1n) is 4.46. The minimum atomic E-state index is 0.292. The van der Waals surface area contributed by atoms with Gasteiger partial charge in [0.2, 0.25) is 0 Å². The molecule has 0 unspecified atom stereocenters. The van der Waals surface area contributed by atoms with Gasteiger partial charge in [0.05, 0.1) is 0 Å². The Kier molecular flexibility index (Phi) is 2.13. The summed E-state index contributed by atoms with van der Waals surface area (Å²) in [5, 5.41) is 0. The van der Waals surface area contributed by atoms with E-state index in [1.54, 1.807) is 0 Å². The van der Waals surface area contributed by atoms with Crippen molar-refractivity contribution >= 4 is 0 Å². The summed E-state index contributed by atoms with van der Waals surface area (Å²) in [6.45, 7) is 9.19. The van der Waals surface area contributed by atoms with Gasteiger partial charge in [-0.05, 0) is 30.1 Å². The van der Waals surface area contributed by atoms with E-state index in [2.05, 4.69) is 46.3 Å². The van der Waals surface area contributed by atoms with Crippen LogP contribution in [0, 0.1) is 17.3 Å². The quantitative estimate of drug-likeness (QED) is 0.464. The van der Waals surface area contributed by atoms with Crippen LogP contribution in [-0.2, 0) is 0 Å². The molecular formula is C11H19. The van der Waals surface area contributed by atoms with Crippen molar-refractivity contribution < 1.29 is 0 Å². The van der Waals surface area contributed by atoms with Crippen molar-refractivity contribution in [3.05, 3.63) is 18.6 Å². The minimum absolute atomic E-state index is 0.292. The van der Waals surface area contributed by atoms with Crippen LogP contribution in [-0.4, -0.2) is 0 Å².